The lowest BCUT2D eigenvalue weighted by Crippen LogP contribution is -2.42. The number of carbonyl (C=O) groups is 2. The van der Waals surface area contributed by atoms with Crippen molar-refractivity contribution in [3.63, 3.8) is 0 Å². The second-order valence-electron chi connectivity index (χ2n) is 4.43. The summed E-state index contributed by atoms with van der Waals surface area (Å²) in [6.45, 7) is 2.29. The number of nitrogens with one attached hydrogen (secondary N) is 1. The summed E-state index contributed by atoms with van der Waals surface area (Å²) in [5.41, 5.74) is 1.52. The SMILES string of the molecule is Cc1cccc(C(=O)NC2COCC2C(=O)O)c1. The van der Waals surface area contributed by atoms with Crippen molar-refractivity contribution in [1.82, 2.24) is 5.32 Å². The molecule has 1 aromatic rings. The number of ether oxygens (including phenoxy) is 1. The fraction of sp³-hybridized carbons (Fsp3) is 0.385. The van der Waals surface area contributed by atoms with Crippen molar-refractivity contribution in [1.29, 1.82) is 0 Å². The molecule has 0 spiro atoms. The van der Waals surface area contributed by atoms with Crippen molar-refractivity contribution in [3.8, 4) is 0 Å². The van der Waals surface area contributed by atoms with Crippen molar-refractivity contribution >= 4 is 11.9 Å². The van der Waals surface area contributed by atoms with Gasteiger partial charge in [-0.2, -0.15) is 0 Å². The molecule has 0 aliphatic carbocycles. The Morgan fingerprint density at radius 3 is 2.83 bits per heavy atom. The largest absolute Gasteiger partial charge is 0.481 e. The molecule has 2 N–H and O–H groups in total. The predicted octanol–water partition coefficient (Wildman–Crippen LogP) is 0.824. The van der Waals surface area contributed by atoms with Crippen molar-refractivity contribution in [2.75, 3.05) is 13.2 Å². The minimum absolute atomic E-state index is 0.147. The maximum atomic E-state index is 12.0. The van der Waals surface area contributed by atoms with Crippen molar-refractivity contribution < 1.29 is 19.4 Å². The topological polar surface area (TPSA) is 75.6 Å². The summed E-state index contributed by atoms with van der Waals surface area (Å²) in [5, 5.41) is 11.7. The number of rotatable bonds is 3. The molecule has 0 bridgehead atoms. The maximum Gasteiger partial charge on any atom is 0.311 e. The third-order valence-corrected chi connectivity index (χ3v) is 2.99. The van der Waals surface area contributed by atoms with Crippen LogP contribution in [0.2, 0.25) is 0 Å². The molecule has 1 aliphatic rings. The molecule has 0 radical (unpaired) electrons. The lowest BCUT2D eigenvalue weighted by molar-refractivity contribution is -0.142. The molecule has 0 saturated carbocycles. The molecule has 1 heterocycles. The molecule has 1 amide bonds. The Labute approximate surface area is 105 Å². The van der Waals surface area contributed by atoms with Crippen LogP contribution < -0.4 is 5.32 Å². The Kier molecular flexibility index (Phi) is 3.62. The lowest BCUT2D eigenvalue weighted by Gasteiger charge is -2.15. The highest BCUT2D eigenvalue weighted by Crippen LogP contribution is 2.15. The van der Waals surface area contributed by atoms with Gasteiger partial charge in [-0.15, -0.1) is 0 Å². The van der Waals surface area contributed by atoms with Gasteiger partial charge in [-0.3, -0.25) is 9.59 Å². The highest BCUT2D eigenvalue weighted by Gasteiger charge is 2.35. The van der Waals surface area contributed by atoms with Crippen LogP contribution in [-0.4, -0.2) is 36.2 Å². The van der Waals surface area contributed by atoms with E-state index in [1.54, 1.807) is 18.2 Å². The third kappa shape index (κ3) is 2.68. The van der Waals surface area contributed by atoms with Crippen LogP contribution in [0.15, 0.2) is 24.3 Å². The summed E-state index contributed by atoms with van der Waals surface area (Å²) in [5.74, 6) is -1.87. The fourth-order valence-corrected chi connectivity index (χ4v) is 1.98. The van der Waals surface area contributed by atoms with Gasteiger partial charge in [-0.05, 0) is 19.1 Å². The van der Waals surface area contributed by atoms with Gasteiger partial charge in [-0.25, -0.2) is 0 Å². The van der Waals surface area contributed by atoms with E-state index in [-0.39, 0.29) is 19.1 Å². The van der Waals surface area contributed by atoms with Gasteiger partial charge >= 0.3 is 5.97 Å². The van der Waals surface area contributed by atoms with Crippen LogP contribution in [0.4, 0.5) is 0 Å². The number of hydrogen-bond donors (Lipinski definition) is 2. The Bertz CT molecular complexity index is 472. The standard InChI is InChI=1S/C13H15NO4/c1-8-3-2-4-9(5-8)12(15)14-11-7-18-6-10(11)13(16)17/h2-5,10-11H,6-7H2,1H3,(H,14,15)(H,16,17). The molecule has 2 unspecified atom stereocenters. The molecule has 5 heteroatoms. The highest BCUT2D eigenvalue weighted by atomic mass is 16.5. The average molecular weight is 249 g/mol. The second-order valence-corrected chi connectivity index (χ2v) is 4.43. The van der Waals surface area contributed by atoms with Crippen LogP contribution in [0.5, 0.6) is 0 Å². The van der Waals surface area contributed by atoms with Gasteiger partial charge in [-0.1, -0.05) is 17.7 Å². The van der Waals surface area contributed by atoms with Gasteiger partial charge in [0.25, 0.3) is 5.91 Å². The van der Waals surface area contributed by atoms with Gasteiger partial charge in [0.15, 0.2) is 0 Å². The lowest BCUT2D eigenvalue weighted by atomic mass is 10.0. The summed E-state index contributed by atoms with van der Waals surface area (Å²) in [4.78, 5) is 22.9. The predicted molar refractivity (Wildman–Crippen MR) is 64.4 cm³/mol. The van der Waals surface area contributed by atoms with Gasteiger partial charge in [0.1, 0.15) is 5.92 Å². The zero-order valence-electron chi connectivity index (χ0n) is 10.1. The van der Waals surface area contributed by atoms with E-state index in [1.165, 1.54) is 0 Å². The Morgan fingerprint density at radius 1 is 1.39 bits per heavy atom. The van der Waals surface area contributed by atoms with Crippen molar-refractivity contribution in [3.05, 3.63) is 35.4 Å². The van der Waals surface area contributed by atoms with E-state index >= 15 is 0 Å². The first-order valence-corrected chi connectivity index (χ1v) is 5.76. The van der Waals surface area contributed by atoms with E-state index < -0.39 is 17.9 Å². The first kappa shape index (κ1) is 12.6. The summed E-state index contributed by atoms with van der Waals surface area (Å²) in [6, 6.07) is 6.70. The fourth-order valence-electron chi connectivity index (χ4n) is 1.98. The molecule has 2 atom stereocenters. The number of carboxylic acids is 1. The molecule has 5 nitrogen and oxygen atoms in total. The van der Waals surface area contributed by atoms with E-state index in [2.05, 4.69) is 5.32 Å². The van der Waals surface area contributed by atoms with E-state index in [9.17, 15) is 9.59 Å². The number of aliphatic carboxylic acids is 1. The van der Waals surface area contributed by atoms with Crippen LogP contribution >= 0.6 is 0 Å². The van der Waals surface area contributed by atoms with Crippen LogP contribution in [0, 0.1) is 12.8 Å². The number of hydrogen-bond acceptors (Lipinski definition) is 3. The second kappa shape index (κ2) is 5.18. The molecule has 2 rings (SSSR count). The quantitative estimate of drug-likeness (QED) is 0.831. The smallest absolute Gasteiger partial charge is 0.311 e. The molecule has 0 aromatic heterocycles. The normalized spacial score (nSPS) is 22.7. The van der Waals surface area contributed by atoms with Gasteiger partial charge in [0.05, 0.1) is 19.3 Å². The van der Waals surface area contributed by atoms with E-state index in [4.69, 9.17) is 9.84 Å². The zero-order valence-corrected chi connectivity index (χ0v) is 10.1. The monoisotopic (exact) mass is 249 g/mol. The number of carbonyl (C=O) groups excluding carboxylic acids is 1. The molecule has 96 valence electrons. The minimum Gasteiger partial charge on any atom is -0.481 e. The van der Waals surface area contributed by atoms with Crippen LogP contribution in [0.3, 0.4) is 0 Å². The molecule has 18 heavy (non-hydrogen) atoms. The molecule has 1 saturated heterocycles. The summed E-state index contributed by atoms with van der Waals surface area (Å²) in [6.07, 6.45) is 0. The zero-order chi connectivity index (χ0) is 13.1. The summed E-state index contributed by atoms with van der Waals surface area (Å²) < 4.78 is 5.10. The van der Waals surface area contributed by atoms with E-state index in [1.807, 2.05) is 13.0 Å². The Hall–Kier alpha value is -1.88. The minimum atomic E-state index is -0.943. The van der Waals surface area contributed by atoms with Gasteiger partial charge < -0.3 is 15.2 Å². The Morgan fingerprint density at radius 2 is 2.17 bits per heavy atom. The third-order valence-electron chi connectivity index (χ3n) is 2.99. The average Bonchev–Trinajstić information content (AvgIpc) is 2.77. The number of aryl methyl sites for hydroxylation is 1. The molecule has 1 aromatic carbocycles. The number of amides is 1. The maximum absolute atomic E-state index is 12.0. The van der Waals surface area contributed by atoms with Gasteiger partial charge in [0.2, 0.25) is 0 Å². The van der Waals surface area contributed by atoms with Gasteiger partial charge in [0, 0.05) is 5.56 Å². The molecule has 1 fully saturated rings. The van der Waals surface area contributed by atoms with E-state index in [0.717, 1.165) is 5.56 Å². The molecule has 1 aliphatic heterocycles. The van der Waals surface area contributed by atoms with Crippen LogP contribution in [0.1, 0.15) is 15.9 Å². The number of benzene rings is 1. The number of carboxylic acid groups (broad SMARTS) is 1. The van der Waals surface area contributed by atoms with Crippen molar-refractivity contribution in [2.45, 2.75) is 13.0 Å². The van der Waals surface area contributed by atoms with Crippen molar-refractivity contribution in [2.24, 2.45) is 5.92 Å². The Balaban J connectivity index is 2.05. The molecular weight excluding hydrogens is 234 g/mol. The van der Waals surface area contributed by atoms with Crippen LogP contribution in [0.25, 0.3) is 0 Å². The first-order valence-electron chi connectivity index (χ1n) is 5.76. The van der Waals surface area contributed by atoms with E-state index in [0.29, 0.717) is 5.56 Å². The first-order chi connectivity index (χ1) is 8.58. The highest BCUT2D eigenvalue weighted by molar-refractivity contribution is 5.94. The molecular formula is C13H15NO4. The summed E-state index contributed by atoms with van der Waals surface area (Å²) >= 11 is 0. The van der Waals surface area contributed by atoms with Crippen LogP contribution in [-0.2, 0) is 9.53 Å². The summed E-state index contributed by atoms with van der Waals surface area (Å²) in [7, 11) is 0.